The van der Waals surface area contributed by atoms with E-state index in [2.05, 4.69) is 6.92 Å². The van der Waals surface area contributed by atoms with Crippen molar-refractivity contribution in [1.82, 2.24) is 0 Å². The summed E-state index contributed by atoms with van der Waals surface area (Å²) in [4.78, 5) is 11.5. The van der Waals surface area contributed by atoms with Crippen LogP contribution < -0.4 is 0 Å². The fourth-order valence-electron chi connectivity index (χ4n) is 1.38. The first kappa shape index (κ1) is 14.7. The van der Waals surface area contributed by atoms with Gasteiger partial charge in [0.15, 0.2) is 0 Å². The highest BCUT2D eigenvalue weighted by Crippen LogP contribution is 2.11. The van der Waals surface area contributed by atoms with Crippen LogP contribution >= 0.6 is 0 Å². The van der Waals surface area contributed by atoms with Crippen molar-refractivity contribution >= 4 is 5.97 Å². The van der Waals surface area contributed by atoms with E-state index in [1.54, 1.807) is 6.07 Å². The molecule has 0 aromatic heterocycles. The summed E-state index contributed by atoms with van der Waals surface area (Å²) in [5.41, 5.74) is 1.60. The van der Waals surface area contributed by atoms with Crippen molar-refractivity contribution < 1.29 is 14.3 Å². The maximum absolute atomic E-state index is 11.5. The highest BCUT2D eigenvalue weighted by atomic mass is 16.6. The largest absolute Gasteiger partial charge is 0.459 e. The van der Waals surface area contributed by atoms with Gasteiger partial charge in [-0.1, -0.05) is 25.1 Å². The second-order valence-electron chi connectivity index (χ2n) is 4.63. The van der Waals surface area contributed by atoms with Crippen LogP contribution in [-0.2, 0) is 9.47 Å². The Morgan fingerprint density at radius 1 is 1.44 bits per heavy atom. The van der Waals surface area contributed by atoms with E-state index in [4.69, 9.17) is 9.47 Å². The SMILES string of the molecule is CCC1CO1.Cc1ccccc1C(=O)OC(C)C. The van der Waals surface area contributed by atoms with Gasteiger partial charge in [-0.2, -0.15) is 0 Å². The average Bonchev–Trinajstić information content (AvgIpc) is 3.13. The van der Waals surface area contributed by atoms with Gasteiger partial charge in [-0.15, -0.1) is 0 Å². The van der Waals surface area contributed by atoms with Crippen LogP contribution in [0, 0.1) is 6.92 Å². The number of hydrogen-bond donors (Lipinski definition) is 0. The average molecular weight is 250 g/mol. The second-order valence-corrected chi connectivity index (χ2v) is 4.63. The molecule has 1 aromatic rings. The molecule has 0 radical (unpaired) electrons. The number of carbonyl (C=O) groups excluding carboxylic acids is 1. The summed E-state index contributed by atoms with van der Waals surface area (Å²) in [6.45, 7) is 8.73. The van der Waals surface area contributed by atoms with E-state index >= 15 is 0 Å². The minimum Gasteiger partial charge on any atom is -0.459 e. The van der Waals surface area contributed by atoms with Crippen LogP contribution in [0.25, 0.3) is 0 Å². The van der Waals surface area contributed by atoms with Crippen molar-refractivity contribution in [2.24, 2.45) is 0 Å². The smallest absolute Gasteiger partial charge is 0.338 e. The molecular weight excluding hydrogens is 228 g/mol. The zero-order chi connectivity index (χ0) is 13.5. The summed E-state index contributed by atoms with van der Waals surface area (Å²) in [5.74, 6) is -0.242. The van der Waals surface area contributed by atoms with Gasteiger partial charge in [-0.25, -0.2) is 4.79 Å². The second kappa shape index (κ2) is 7.17. The summed E-state index contributed by atoms with van der Waals surface area (Å²) in [6.07, 6.45) is 1.77. The fraction of sp³-hybridized carbons (Fsp3) is 0.533. The molecular formula is C15H22O3. The Hall–Kier alpha value is -1.35. The Labute approximate surface area is 109 Å². The molecule has 1 saturated heterocycles. The summed E-state index contributed by atoms with van der Waals surface area (Å²) in [7, 11) is 0. The maximum atomic E-state index is 11.5. The van der Waals surface area contributed by atoms with Crippen molar-refractivity contribution in [3.8, 4) is 0 Å². The number of carbonyl (C=O) groups is 1. The Kier molecular flexibility index (Phi) is 5.86. The molecule has 18 heavy (non-hydrogen) atoms. The number of epoxide rings is 1. The van der Waals surface area contributed by atoms with Crippen molar-refractivity contribution in [2.45, 2.75) is 46.3 Å². The topological polar surface area (TPSA) is 38.8 Å². The van der Waals surface area contributed by atoms with Gasteiger partial charge in [0.25, 0.3) is 0 Å². The summed E-state index contributed by atoms with van der Waals surface area (Å²) < 4.78 is 9.94. The molecule has 3 nitrogen and oxygen atoms in total. The van der Waals surface area contributed by atoms with Crippen molar-refractivity contribution in [3.05, 3.63) is 35.4 Å². The molecule has 0 aliphatic carbocycles. The Bertz CT molecular complexity index is 381. The zero-order valence-electron chi connectivity index (χ0n) is 11.6. The maximum Gasteiger partial charge on any atom is 0.338 e. The zero-order valence-corrected chi connectivity index (χ0v) is 11.6. The Morgan fingerprint density at radius 3 is 2.44 bits per heavy atom. The van der Waals surface area contributed by atoms with Crippen molar-refractivity contribution in [1.29, 1.82) is 0 Å². The Balaban J connectivity index is 0.000000269. The summed E-state index contributed by atoms with van der Waals surface area (Å²) >= 11 is 0. The lowest BCUT2D eigenvalue weighted by molar-refractivity contribution is 0.0377. The first-order chi connectivity index (χ1) is 8.54. The van der Waals surface area contributed by atoms with Crippen molar-refractivity contribution in [3.63, 3.8) is 0 Å². The van der Waals surface area contributed by atoms with Crippen LogP contribution in [0.5, 0.6) is 0 Å². The standard InChI is InChI=1S/C11H14O2.C4H8O/c1-8(2)13-11(12)10-7-5-4-6-9(10)3;1-2-4-3-5-4/h4-8H,1-3H3;4H,2-3H2,1H3. The Morgan fingerprint density at radius 2 is 2.06 bits per heavy atom. The van der Waals surface area contributed by atoms with Crippen LogP contribution in [0.3, 0.4) is 0 Å². The molecule has 1 fully saturated rings. The van der Waals surface area contributed by atoms with Gasteiger partial charge in [-0.3, -0.25) is 0 Å². The molecule has 0 amide bonds. The predicted octanol–water partition coefficient (Wildman–Crippen LogP) is 3.36. The van der Waals surface area contributed by atoms with Gasteiger partial charge >= 0.3 is 5.97 Å². The van der Waals surface area contributed by atoms with Crippen LogP contribution in [-0.4, -0.2) is 24.8 Å². The van der Waals surface area contributed by atoms with Crippen LogP contribution in [0.1, 0.15) is 43.1 Å². The van der Waals surface area contributed by atoms with Gasteiger partial charge in [0.05, 0.1) is 24.4 Å². The number of ether oxygens (including phenoxy) is 2. The van der Waals surface area contributed by atoms with E-state index in [9.17, 15) is 4.79 Å². The third-order valence-corrected chi connectivity index (χ3v) is 2.57. The van der Waals surface area contributed by atoms with E-state index < -0.39 is 0 Å². The number of rotatable bonds is 3. The minimum atomic E-state index is -0.242. The third-order valence-electron chi connectivity index (χ3n) is 2.57. The number of esters is 1. The molecule has 1 atom stereocenters. The van der Waals surface area contributed by atoms with E-state index in [1.165, 1.54) is 6.42 Å². The third kappa shape index (κ3) is 5.32. The molecule has 1 aliphatic heterocycles. The van der Waals surface area contributed by atoms with Gasteiger partial charge in [0.2, 0.25) is 0 Å². The minimum absolute atomic E-state index is 0.0629. The lowest BCUT2D eigenvalue weighted by Gasteiger charge is -2.09. The van der Waals surface area contributed by atoms with E-state index in [1.807, 2.05) is 39.0 Å². The highest BCUT2D eigenvalue weighted by Gasteiger charge is 2.18. The lowest BCUT2D eigenvalue weighted by Crippen LogP contribution is -2.12. The normalized spacial score (nSPS) is 16.8. The van der Waals surface area contributed by atoms with E-state index in [-0.39, 0.29) is 12.1 Å². The molecule has 1 unspecified atom stereocenters. The molecule has 100 valence electrons. The number of benzene rings is 1. The van der Waals surface area contributed by atoms with Crippen LogP contribution in [0.15, 0.2) is 24.3 Å². The fourth-order valence-corrected chi connectivity index (χ4v) is 1.38. The molecule has 2 rings (SSSR count). The first-order valence-corrected chi connectivity index (χ1v) is 6.42. The quantitative estimate of drug-likeness (QED) is 0.610. The van der Waals surface area contributed by atoms with Crippen LogP contribution in [0.4, 0.5) is 0 Å². The van der Waals surface area contributed by atoms with E-state index in [0.29, 0.717) is 11.7 Å². The summed E-state index contributed by atoms with van der Waals surface area (Å²) in [5, 5.41) is 0. The van der Waals surface area contributed by atoms with Gasteiger partial charge in [0.1, 0.15) is 0 Å². The first-order valence-electron chi connectivity index (χ1n) is 6.42. The molecule has 0 bridgehead atoms. The van der Waals surface area contributed by atoms with E-state index in [0.717, 1.165) is 12.2 Å². The van der Waals surface area contributed by atoms with Crippen molar-refractivity contribution in [2.75, 3.05) is 6.61 Å². The number of hydrogen-bond acceptors (Lipinski definition) is 3. The van der Waals surface area contributed by atoms with Crippen LogP contribution in [0.2, 0.25) is 0 Å². The number of aryl methyl sites for hydroxylation is 1. The monoisotopic (exact) mass is 250 g/mol. The lowest BCUT2D eigenvalue weighted by atomic mass is 10.1. The molecule has 3 heteroatoms. The molecule has 1 heterocycles. The van der Waals surface area contributed by atoms with Gasteiger partial charge in [0, 0.05) is 0 Å². The highest BCUT2D eigenvalue weighted by molar-refractivity contribution is 5.91. The molecule has 1 aromatic carbocycles. The molecule has 0 saturated carbocycles. The van der Waals surface area contributed by atoms with Gasteiger partial charge in [-0.05, 0) is 38.8 Å². The summed E-state index contributed by atoms with van der Waals surface area (Å²) in [6, 6.07) is 7.42. The molecule has 0 N–H and O–H groups in total. The van der Waals surface area contributed by atoms with Gasteiger partial charge < -0.3 is 9.47 Å². The predicted molar refractivity (Wildman–Crippen MR) is 71.8 cm³/mol. The molecule has 1 aliphatic rings. The molecule has 0 spiro atoms.